The van der Waals surface area contributed by atoms with Crippen LogP contribution in [-0.4, -0.2) is 27.3 Å². The maximum absolute atomic E-state index is 13.2. The Morgan fingerprint density at radius 3 is 2.62 bits per heavy atom. The van der Waals surface area contributed by atoms with E-state index in [1.807, 2.05) is 6.07 Å². The number of nitrogens with one attached hydrogen (secondary N) is 2. The lowest BCUT2D eigenvalue weighted by Gasteiger charge is -2.38. The molecule has 2 aliphatic carbocycles. The highest BCUT2D eigenvalue weighted by Crippen LogP contribution is 2.40. The summed E-state index contributed by atoms with van der Waals surface area (Å²) >= 11 is 0. The van der Waals surface area contributed by atoms with Crippen molar-refractivity contribution in [3.63, 3.8) is 0 Å². The summed E-state index contributed by atoms with van der Waals surface area (Å²) < 4.78 is 13.2. The van der Waals surface area contributed by atoms with Gasteiger partial charge in [0.05, 0.1) is 12.1 Å². The standard InChI is InChI=1S/C18H20FN3O2/c19-13-5-3-11(4-6-13)17(12-7-14(23)8-12)20-18(24)16-9-15(21-22-16)10-1-2-10/h3-6,9-10,12,14,17,23H,1-2,7-8H2,(H,20,24)(H,21,22)/t12?,14?,17-/m1/s1. The molecule has 0 spiro atoms. The number of hydrogen-bond donors (Lipinski definition) is 3. The van der Waals surface area contributed by atoms with Gasteiger partial charge in [-0.05, 0) is 55.4 Å². The zero-order valence-corrected chi connectivity index (χ0v) is 13.2. The Labute approximate surface area is 139 Å². The van der Waals surface area contributed by atoms with Crippen LogP contribution in [0, 0.1) is 11.7 Å². The van der Waals surface area contributed by atoms with Crippen molar-refractivity contribution in [2.75, 3.05) is 0 Å². The molecule has 0 radical (unpaired) electrons. The normalized spacial score (nSPS) is 24.2. The third-order valence-electron chi connectivity index (χ3n) is 4.98. The predicted molar refractivity (Wildman–Crippen MR) is 85.9 cm³/mol. The molecule has 1 aromatic carbocycles. The first kappa shape index (κ1) is 15.3. The van der Waals surface area contributed by atoms with Crippen LogP contribution >= 0.6 is 0 Å². The molecule has 0 aliphatic heterocycles. The number of nitrogens with zero attached hydrogens (tertiary/aromatic N) is 1. The van der Waals surface area contributed by atoms with E-state index in [1.165, 1.54) is 12.1 Å². The minimum absolute atomic E-state index is 0.149. The molecule has 1 atom stereocenters. The molecule has 126 valence electrons. The third kappa shape index (κ3) is 3.06. The number of benzene rings is 1. The lowest BCUT2D eigenvalue weighted by atomic mass is 9.75. The van der Waals surface area contributed by atoms with E-state index >= 15 is 0 Å². The Kier molecular flexibility index (Phi) is 3.84. The van der Waals surface area contributed by atoms with Gasteiger partial charge in [0, 0.05) is 11.6 Å². The lowest BCUT2D eigenvalue weighted by Crippen LogP contribution is -2.41. The molecule has 2 fully saturated rings. The topological polar surface area (TPSA) is 78.0 Å². The molecule has 4 rings (SSSR count). The van der Waals surface area contributed by atoms with E-state index in [1.54, 1.807) is 12.1 Å². The third-order valence-corrected chi connectivity index (χ3v) is 4.98. The molecule has 2 aliphatic rings. The predicted octanol–water partition coefficient (Wildman–Crippen LogP) is 2.67. The van der Waals surface area contributed by atoms with Crippen LogP contribution < -0.4 is 5.32 Å². The summed E-state index contributed by atoms with van der Waals surface area (Å²) in [5.74, 6) is 0.109. The fraction of sp³-hybridized carbons (Fsp3) is 0.444. The van der Waals surface area contributed by atoms with Crippen LogP contribution in [0.25, 0.3) is 0 Å². The molecule has 0 unspecified atom stereocenters. The van der Waals surface area contributed by atoms with Crippen LogP contribution in [0.15, 0.2) is 30.3 Å². The molecule has 2 saturated carbocycles. The molecule has 1 aromatic heterocycles. The lowest BCUT2D eigenvalue weighted by molar-refractivity contribution is 0.0234. The smallest absolute Gasteiger partial charge is 0.272 e. The molecular formula is C18H20FN3O2. The molecule has 3 N–H and O–H groups in total. The minimum atomic E-state index is -0.318. The van der Waals surface area contributed by atoms with Gasteiger partial charge in [-0.15, -0.1) is 0 Å². The van der Waals surface area contributed by atoms with Gasteiger partial charge in [-0.25, -0.2) is 4.39 Å². The average molecular weight is 329 g/mol. The van der Waals surface area contributed by atoms with E-state index in [0.717, 1.165) is 24.1 Å². The quantitative estimate of drug-likeness (QED) is 0.789. The Hall–Kier alpha value is -2.21. The zero-order chi connectivity index (χ0) is 16.7. The summed E-state index contributed by atoms with van der Waals surface area (Å²) in [4.78, 5) is 12.5. The molecule has 6 heteroatoms. The van der Waals surface area contributed by atoms with Crippen molar-refractivity contribution in [1.29, 1.82) is 0 Å². The summed E-state index contributed by atoms with van der Waals surface area (Å²) in [6.45, 7) is 0. The maximum atomic E-state index is 13.2. The molecule has 1 amide bonds. The van der Waals surface area contributed by atoms with Gasteiger partial charge in [0.1, 0.15) is 11.5 Å². The van der Waals surface area contributed by atoms with Gasteiger partial charge in [-0.1, -0.05) is 12.1 Å². The highest BCUT2D eigenvalue weighted by Gasteiger charge is 2.36. The van der Waals surface area contributed by atoms with E-state index in [0.29, 0.717) is 24.5 Å². The molecular weight excluding hydrogens is 309 g/mol. The first-order chi connectivity index (χ1) is 11.6. The monoisotopic (exact) mass is 329 g/mol. The first-order valence-corrected chi connectivity index (χ1v) is 8.40. The van der Waals surface area contributed by atoms with Crippen LogP contribution in [-0.2, 0) is 0 Å². The van der Waals surface area contributed by atoms with Crippen LogP contribution in [0.4, 0.5) is 4.39 Å². The summed E-state index contributed by atoms with van der Waals surface area (Å²) in [6, 6.07) is 7.72. The van der Waals surface area contributed by atoms with Crippen molar-refractivity contribution in [3.05, 3.63) is 53.1 Å². The van der Waals surface area contributed by atoms with Crippen molar-refractivity contribution in [3.8, 4) is 0 Å². The number of hydrogen-bond acceptors (Lipinski definition) is 3. The molecule has 5 nitrogen and oxygen atoms in total. The summed E-state index contributed by atoms with van der Waals surface area (Å²) in [5, 5.41) is 19.6. The van der Waals surface area contributed by atoms with Crippen LogP contribution in [0.5, 0.6) is 0 Å². The Bertz CT molecular complexity index is 733. The highest BCUT2D eigenvalue weighted by atomic mass is 19.1. The van der Waals surface area contributed by atoms with E-state index in [2.05, 4.69) is 15.5 Å². The number of aliphatic hydroxyl groups excluding tert-OH is 1. The molecule has 1 heterocycles. The van der Waals surface area contributed by atoms with Gasteiger partial charge in [-0.3, -0.25) is 9.89 Å². The Balaban J connectivity index is 1.51. The van der Waals surface area contributed by atoms with Crippen molar-refractivity contribution in [2.45, 2.75) is 43.7 Å². The van der Waals surface area contributed by atoms with E-state index in [9.17, 15) is 14.3 Å². The minimum Gasteiger partial charge on any atom is -0.393 e. The van der Waals surface area contributed by atoms with Gasteiger partial charge in [0.15, 0.2) is 0 Å². The first-order valence-electron chi connectivity index (χ1n) is 8.40. The summed E-state index contributed by atoms with van der Waals surface area (Å²) in [5.41, 5.74) is 2.24. The molecule has 0 saturated heterocycles. The van der Waals surface area contributed by atoms with E-state index < -0.39 is 0 Å². The molecule has 2 aromatic rings. The second-order valence-electron chi connectivity index (χ2n) is 6.87. The van der Waals surface area contributed by atoms with E-state index in [-0.39, 0.29) is 29.8 Å². The van der Waals surface area contributed by atoms with Crippen LogP contribution in [0.2, 0.25) is 0 Å². The number of carbonyl (C=O) groups excluding carboxylic acids is 1. The number of aliphatic hydroxyl groups is 1. The summed E-state index contributed by atoms with van der Waals surface area (Å²) in [7, 11) is 0. The van der Waals surface area contributed by atoms with Crippen molar-refractivity contribution in [1.82, 2.24) is 15.5 Å². The van der Waals surface area contributed by atoms with Gasteiger partial charge in [-0.2, -0.15) is 5.10 Å². The SMILES string of the molecule is O=C(N[C@H](c1ccc(F)cc1)C1CC(O)C1)c1cc(C2CC2)[nH]n1. The van der Waals surface area contributed by atoms with Crippen molar-refractivity contribution < 1.29 is 14.3 Å². The average Bonchev–Trinajstić information content (AvgIpc) is 3.28. The number of amides is 1. The molecule has 24 heavy (non-hydrogen) atoms. The van der Waals surface area contributed by atoms with Gasteiger partial charge in [0.25, 0.3) is 5.91 Å². The second-order valence-corrected chi connectivity index (χ2v) is 6.87. The fourth-order valence-corrected chi connectivity index (χ4v) is 3.32. The summed E-state index contributed by atoms with van der Waals surface area (Å²) in [6.07, 6.45) is 3.23. The van der Waals surface area contributed by atoms with Gasteiger partial charge >= 0.3 is 0 Å². The largest absolute Gasteiger partial charge is 0.393 e. The van der Waals surface area contributed by atoms with Crippen LogP contribution in [0.3, 0.4) is 0 Å². The number of H-pyrrole nitrogens is 1. The van der Waals surface area contributed by atoms with Crippen LogP contribution in [0.1, 0.15) is 59.4 Å². The van der Waals surface area contributed by atoms with Crippen molar-refractivity contribution in [2.24, 2.45) is 5.92 Å². The maximum Gasteiger partial charge on any atom is 0.272 e. The zero-order valence-electron chi connectivity index (χ0n) is 13.2. The number of aromatic nitrogens is 2. The fourth-order valence-electron chi connectivity index (χ4n) is 3.32. The number of halogens is 1. The van der Waals surface area contributed by atoms with Gasteiger partial charge < -0.3 is 10.4 Å². The van der Waals surface area contributed by atoms with E-state index in [4.69, 9.17) is 0 Å². The number of aromatic amines is 1. The second kappa shape index (κ2) is 6.02. The van der Waals surface area contributed by atoms with Crippen molar-refractivity contribution >= 4 is 5.91 Å². The highest BCUT2D eigenvalue weighted by molar-refractivity contribution is 5.92. The molecule has 0 bridgehead atoms. The number of carbonyl (C=O) groups is 1. The number of rotatable bonds is 5. The van der Waals surface area contributed by atoms with Gasteiger partial charge in [0.2, 0.25) is 0 Å². The Morgan fingerprint density at radius 1 is 1.29 bits per heavy atom. The Morgan fingerprint density at radius 2 is 2.00 bits per heavy atom.